The van der Waals surface area contributed by atoms with E-state index in [1.807, 2.05) is 0 Å². The Morgan fingerprint density at radius 2 is 1.96 bits per heavy atom. The summed E-state index contributed by atoms with van der Waals surface area (Å²) >= 11 is 11.1. The third-order valence-electron chi connectivity index (χ3n) is 3.98. The molecule has 0 aliphatic carbocycles. The Balaban J connectivity index is 1.76. The summed E-state index contributed by atoms with van der Waals surface area (Å²) in [5, 5.41) is 10.1. The average molecular weight is 409 g/mol. The smallest absolute Gasteiger partial charge is 0.240 e. The van der Waals surface area contributed by atoms with Crippen molar-refractivity contribution in [3.63, 3.8) is 0 Å². The van der Waals surface area contributed by atoms with Crippen LogP contribution in [-0.4, -0.2) is 20.7 Å². The van der Waals surface area contributed by atoms with E-state index in [1.54, 1.807) is 35.8 Å². The molecule has 0 fully saturated rings. The van der Waals surface area contributed by atoms with Crippen molar-refractivity contribution in [3.05, 3.63) is 69.5 Å². The molecule has 5 nitrogen and oxygen atoms in total. The number of carbonyl (C=O) groups is 1. The van der Waals surface area contributed by atoms with Crippen LogP contribution in [0.5, 0.6) is 0 Å². The zero-order chi connectivity index (χ0) is 19.6. The first-order valence-electron chi connectivity index (χ1n) is 8.00. The molecular formula is C18H15ClF2N4OS. The number of H-pyrrole nitrogens is 1. The van der Waals surface area contributed by atoms with Crippen LogP contribution in [0, 0.1) is 16.4 Å². The van der Waals surface area contributed by atoms with E-state index in [-0.39, 0.29) is 17.2 Å². The van der Waals surface area contributed by atoms with Gasteiger partial charge in [0.15, 0.2) is 22.2 Å². The molecule has 3 rings (SSSR count). The molecule has 0 radical (unpaired) electrons. The summed E-state index contributed by atoms with van der Waals surface area (Å²) in [5.41, 5.74) is 1.20. The van der Waals surface area contributed by atoms with Crippen LogP contribution in [-0.2, 0) is 11.3 Å². The van der Waals surface area contributed by atoms with Crippen molar-refractivity contribution in [2.75, 3.05) is 0 Å². The standard InChI is InChI=1S/C18H15ClF2N4OS/c1-10(12-4-7-14(20)15(21)8-12)22-16(26)9-25-17(23-24-18(25)27)11-2-5-13(19)6-3-11/h2-8,10H,9H2,1H3,(H,22,26)(H,24,27). The Labute approximate surface area is 164 Å². The van der Waals surface area contributed by atoms with Crippen molar-refractivity contribution in [3.8, 4) is 11.4 Å². The molecule has 27 heavy (non-hydrogen) atoms. The molecule has 140 valence electrons. The van der Waals surface area contributed by atoms with Gasteiger partial charge in [-0.2, -0.15) is 5.10 Å². The summed E-state index contributed by atoms with van der Waals surface area (Å²) < 4.78 is 28.3. The highest BCUT2D eigenvalue weighted by Gasteiger charge is 2.16. The van der Waals surface area contributed by atoms with E-state index in [2.05, 4.69) is 15.5 Å². The second-order valence-corrected chi connectivity index (χ2v) is 6.73. The Kier molecular flexibility index (Phi) is 5.67. The van der Waals surface area contributed by atoms with Gasteiger partial charge in [0, 0.05) is 10.6 Å². The number of nitrogens with one attached hydrogen (secondary N) is 2. The molecule has 2 N–H and O–H groups in total. The summed E-state index contributed by atoms with van der Waals surface area (Å²) in [6, 6.07) is 9.96. The topological polar surface area (TPSA) is 62.7 Å². The summed E-state index contributed by atoms with van der Waals surface area (Å²) in [4.78, 5) is 12.4. The van der Waals surface area contributed by atoms with Gasteiger partial charge in [-0.05, 0) is 61.1 Å². The molecule has 3 aromatic rings. The van der Waals surface area contributed by atoms with Crippen LogP contribution in [0.4, 0.5) is 8.78 Å². The SMILES string of the molecule is CC(NC(=O)Cn1c(-c2ccc(Cl)cc2)n[nH]c1=S)c1ccc(F)c(F)c1. The lowest BCUT2D eigenvalue weighted by atomic mass is 10.1. The predicted octanol–water partition coefficient (Wildman–Crippen LogP) is 4.42. The molecule has 1 amide bonds. The molecule has 1 atom stereocenters. The fourth-order valence-corrected chi connectivity index (χ4v) is 2.90. The van der Waals surface area contributed by atoms with E-state index < -0.39 is 17.7 Å². The normalized spacial score (nSPS) is 12.0. The van der Waals surface area contributed by atoms with Crippen molar-refractivity contribution in [1.29, 1.82) is 0 Å². The number of aromatic amines is 1. The van der Waals surface area contributed by atoms with Crippen LogP contribution in [0.25, 0.3) is 11.4 Å². The Bertz CT molecular complexity index is 1030. The largest absolute Gasteiger partial charge is 0.348 e. The van der Waals surface area contributed by atoms with Crippen molar-refractivity contribution >= 4 is 29.7 Å². The molecule has 0 saturated heterocycles. The molecular weight excluding hydrogens is 394 g/mol. The van der Waals surface area contributed by atoms with Crippen LogP contribution < -0.4 is 5.32 Å². The molecule has 1 heterocycles. The van der Waals surface area contributed by atoms with Crippen molar-refractivity contribution in [2.24, 2.45) is 0 Å². The number of hydrogen-bond acceptors (Lipinski definition) is 3. The first-order chi connectivity index (χ1) is 12.8. The van der Waals surface area contributed by atoms with Gasteiger partial charge in [0.1, 0.15) is 6.54 Å². The third-order valence-corrected chi connectivity index (χ3v) is 4.55. The first-order valence-corrected chi connectivity index (χ1v) is 8.79. The lowest BCUT2D eigenvalue weighted by Gasteiger charge is -2.15. The van der Waals surface area contributed by atoms with Gasteiger partial charge < -0.3 is 5.32 Å². The van der Waals surface area contributed by atoms with E-state index >= 15 is 0 Å². The van der Waals surface area contributed by atoms with Gasteiger partial charge in [0.05, 0.1) is 6.04 Å². The molecule has 2 aromatic carbocycles. The molecule has 0 aliphatic rings. The Morgan fingerprint density at radius 3 is 2.63 bits per heavy atom. The highest BCUT2D eigenvalue weighted by Crippen LogP contribution is 2.20. The molecule has 1 unspecified atom stereocenters. The molecule has 0 saturated carbocycles. The predicted molar refractivity (Wildman–Crippen MR) is 101 cm³/mol. The zero-order valence-corrected chi connectivity index (χ0v) is 15.7. The second-order valence-electron chi connectivity index (χ2n) is 5.91. The maximum Gasteiger partial charge on any atom is 0.240 e. The summed E-state index contributed by atoms with van der Waals surface area (Å²) in [7, 11) is 0. The monoisotopic (exact) mass is 408 g/mol. The summed E-state index contributed by atoms with van der Waals surface area (Å²) in [6.45, 7) is 1.60. The van der Waals surface area contributed by atoms with Gasteiger partial charge >= 0.3 is 0 Å². The quantitative estimate of drug-likeness (QED) is 0.614. The Morgan fingerprint density at radius 1 is 1.26 bits per heavy atom. The second kappa shape index (κ2) is 7.98. The fourth-order valence-electron chi connectivity index (χ4n) is 2.58. The zero-order valence-electron chi connectivity index (χ0n) is 14.2. The fraction of sp³-hybridized carbons (Fsp3) is 0.167. The molecule has 0 bridgehead atoms. The average Bonchev–Trinajstić information content (AvgIpc) is 2.98. The van der Waals surface area contributed by atoms with E-state index in [1.165, 1.54) is 6.07 Å². The van der Waals surface area contributed by atoms with Gasteiger partial charge in [-0.1, -0.05) is 17.7 Å². The molecule has 9 heteroatoms. The summed E-state index contributed by atoms with van der Waals surface area (Å²) in [6.07, 6.45) is 0. The van der Waals surface area contributed by atoms with E-state index in [0.717, 1.165) is 17.7 Å². The number of carbonyl (C=O) groups excluding carboxylic acids is 1. The van der Waals surface area contributed by atoms with Crippen molar-refractivity contribution in [1.82, 2.24) is 20.1 Å². The third kappa shape index (κ3) is 4.40. The molecule has 1 aromatic heterocycles. The summed E-state index contributed by atoms with van der Waals surface area (Å²) in [5.74, 6) is -1.75. The maximum atomic E-state index is 13.4. The highest BCUT2D eigenvalue weighted by molar-refractivity contribution is 7.71. The highest BCUT2D eigenvalue weighted by atomic mass is 35.5. The lowest BCUT2D eigenvalue weighted by Crippen LogP contribution is -2.30. The minimum absolute atomic E-state index is 0.0820. The van der Waals surface area contributed by atoms with Crippen LogP contribution in [0.1, 0.15) is 18.5 Å². The van der Waals surface area contributed by atoms with Gasteiger partial charge in [-0.15, -0.1) is 0 Å². The number of rotatable bonds is 5. The number of amides is 1. The minimum Gasteiger partial charge on any atom is -0.348 e. The number of aromatic nitrogens is 3. The van der Waals surface area contributed by atoms with E-state index in [4.69, 9.17) is 23.8 Å². The van der Waals surface area contributed by atoms with E-state index in [9.17, 15) is 13.6 Å². The number of hydrogen-bond donors (Lipinski definition) is 2. The molecule has 0 spiro atoms. The van der Waals surface area contributed by atoms with E-state index in [0.29, 0.717) is 16.4 Å². The van der Waals surface area contributed by atoms with Gasteiger partial charge in [0.2, 0.25) is 5.91 Å². The van der Waals surface area contributed by atoms with Crippen LogP contribution in [0.15, 0.2) is 42.5 Å². The lowest BCUT2D eigenvalue weighted by molar-refractivity contribution is -0.122. The van der Waals surface area contributed by atoms with Gasteiger partial charge in [-0.3, -0.25) is 14.5 Å². The van der Waals surface area contributed by atoms with Gasteiger partial charge in [-0.25, -0.2) is 8.78 Å². The Hall–Kier alpha value is -2.58. The number of halogens is 3. The maximum absolute atomic E-state index is 13.4. The van der Waals surface area contributed by atoms with Gasteiger partial charge in [0.25, 0.3) is 0 Å². The van der Waals surface area contributed by atoms with Crippen LogP contribution >= 0.6 is 23.8 Å². The number of nitrogens with zero attached hydrogens (tertiary/aromatic N) is 2. The van der Waals surface area contributed by atoms with Crippen molar-refractivity contribution in [2.45, 2.75) is 19.5 Å². The molecule has 0 aliphatic heterocycles. The van der Waals surface area contributed by atoms with Crippen LogP contribution in [0.2, 0.25) is 5.02 Å². The number of benzene rings is 2. The first kappa shape index (κ1) is 19.2. The minimum atomic E-state index is -0.962. The van der Waals surface area contributed by atoms with Crippen molar-refractivity contribution < 1.29 is 13.6 Å². The van der Waals surface area contributed by atoms with Crippen LogP contribution in [0.3, 0.4) is 0 Å².